The van der Waals surface area contributed by atoms with Crippen molar-refractivity contribution in [3.63, 3.8) is 0 Å². The van der Waals surface area contributed by atoms with Crippen molar-refractivity contribution in [3.8, 4) is 5.69 Å². The summed E-state index contributed by atoms with van der Waals surface area (Å²) in [5.74, 6) is 0.389. The van der Waals surface area contributed by atoms with Gasteiger partial charge in [-0.05, 0) is 30.9 Å². The Bertz CT molecular complexity index is 740. The van der Waals surface area contributed by atoms with E-state index in [-0.39, 0.29) is 17.6 Å². The van der Waals surface area contributed by atoms with Gasteiger partial charge in [-0.15, -0.1) is 0 Å². The average molecular weight is 314 g/mol. The molecule has 0 unspecified atom stereocenters. The quantitative estimate of drug-likeness (QED) is 0.655. The van der Waals surface area contributed by atoms with Crippen LogP contribution in [0.4, 0.5) is 5.69 Å². The fraction of sp³-hybridized carbons (Fsp3) is 0.375. The molecule has 120 valence electrons. The highest BCUT2D eigenvalue weighted by Crippen LogP contribution is 2.34. The number of nitro groups is 1. The Morgan fingerprint density at radius 3 is 3.04 bits per heavy atom. The molecule has 1 aliphatic rings. The zero-order chi connectivity index (χ0) is 16.4. The fourth-order valence-corrected chi connectivity index (χ4v) is 2.69. The predicted molar refractivity (Wildman–Crippen MR) is 84.5 cm³/mol. The summed E-state index contributed by atoms with van der Waals surface area (Å²) in [5, 5.41) is 18.0. The van der Waals surface area contributed by atoms with Gasteiger partial charge < -0.3 is 5.32 Å². The summed E-state index contributed by atoms with van der Waals surface area (Å²) in [6.07, 6.45) is 4.92. The molecule has 1 N–H and O–H groups in total. The first-order valence-electron chi connectivity index (χ1n) is 7.70. The molecule has 7 heteroatoms. The van der Waals surface area contributed by atoms with E-state index < -0.39 is 4.92 Å². The van der Waals surface area contributed by atoms with Gasteiger partial charge in [-0.1, -0.05) is 19.4 Å². The van der Waals surface area contributed by atoms with E-state index in [1.807, 2.05) is 0 Å². The molecule has 1 amide bonds. The maximum absolute atomic E-state index is 12.2. The molecule has 0 bridgehead atoms. The zero-order valence-corrected chi connectivity index (χ0v) is 12.8. The molecule has 1 fully saturated rings. The number of hydrogen-bond acceptors (Lipinski definition) is 4. The number of carbonyl (C=O) groups excluding carboxylic acids is 1. The summed E-state index contributed by atoms with van der Waals surface area (Å²) in [4.78, 5) is 22.5. The second-order valence-corrected chi connectivity index (χ2v) is 5.79. The first kappa shape index (κ1) is 15.2. The van der Waals surface area contributed by atoms with Gasteiger partial charge in [-0.2, -0.15) is 5.10 Å². The first-order chi connectivity index (χ1) is 11.1. The van der Waals surface area contributed by atoms with Gasteiger partial charge in [-0.3, -0.25) is 14.9 Å². The van der Waals surface area contributed by atoms with E-state index in [9.17, 15) is 14.9 Å². The van der Waals surface area contributed by atoms with Crippen LogP contribution in [-0.4, -0.2) is 26.7 Å². The molecular weight excluding hydrogens is 296 g/mol. The molecule has 0 radical (unpaired) electrons. The average Bonchev–Trinajstić information content (AvgIpc) is 3.08. The van der Waals surface area contributed by atoms with Crippen LogP contribution in [0.2, 0.25) is 0 Å². The summed E-state index contributed by atoms with van der Waals surface area (Å²) in [7, 11) is 0. The Balaban J connectivity index is 1.69. The molecule has 0 aliphatic heterocycles. The van der Waals surface area contributed by atoms with Crippen molar-refractivity contribution >= 4 is 11.6 Å². The van der Waals surface area contributed by atoms with E-state index in [1.165, 1.54) is 16.8 Å². The zero-order valence-electron chi connectivity index (χ0n) is 12.8. The number of amides is 1. The van der Waals surface area contributed by atoms with Crippen molar-refractivity contribution in [3.05, 3.63) is 52.3 Å². The Kier molecular flexibility index (Phi) is 4.10. The largest absolute Gasteiger partial charge is 0.348 e. The van der Waals surface area contributed by atoms with E-state index >= 15 is 0 Å². The minimum atomic E-state index is -0.457. The Hall–Kier alpha value is -2.70. The van der Waals surface area contributed by atoms with Gasteiger partial charge in [-0.25, -0.2) is 4.68 Å². The van der Waals surface area contributed by atoms with Crippen LogP contribution in [0.3, 0.4) is 0 Å². The number of nitro benzene ring substituents is 1. The van der Waals surface area contributed by atoms with Gasteiger partial charge in [0.25, 0.3) is 11.6 Å². The van der Waals surface area contributed by atoms with Crippen LogP contribution in [0, 0.1) is 16.0 Å². The number of rotatable bonds is 6. The van der Waals surface area contributed by atoms with Gasteiger partial charge in [0.05, 0.1) is 10.6 Å². The number of carbonyl (C=O) groups is 1. The summed E-state index contributed by atoms with van der Waals surface area (Å²) in [5.41, 5.74) is 0.858. The molecule has 0 saturated heterocycles. The standard InChI is InChI=1S/C16H18N4O3/c1-2-4-11-9-15(11)17-16(21)14-7-8-19(18-14)12-5-3-6-13(10-12)20(22)23/h3,5-8,10-11,15H,2,4,9H2,1H3,(H,17,21)/t11-,15+/m0/s1. The molecule has 3 rings (SSSR count). The van der Waals surface area contributed by atoms with E-state index in [1.54, 1.807) is 24.4 Å². The summed E-state index contributed by atoms with van der Waals surface area (Å²) in [6, 6.07) is 8.01. The van der Waals surface area contributed by atoms with Gasteiger partial charge >= 0.3 is 0 Å². The lowest BCUT2D eigenvalue weighted by molar-refractivity contribution is -0.384. The number of non-ortho nitro benzene ring substituents is 1. The molecule has 2 aromatic rings. The molecule has 0 spiro atoms. The third kappa shape index (κ3) is 3.39. The number of nitrogens with zero attached hydrogens (tertiary/aromatic N) is 3. The van der Waals surface area contributed by atoms with Crippen LogP contribution in [0.25, 0.3) is 5.69 Å². The highest BCUT2D eigenvalue weighted by Gasteiger charge is 2.37. The van der Waals surface area contributed by atoms with Crippen molar-refractivity contribution in [2.75, 3.05) is 0 Å². The molecule has 2 atom stereocenters. The first-order valence-corrected chi connectivity index (χ1v) is 7.70. The molecule has 23 heavy (non-hydrogen) atoms. The third-order valence-corrected chi connectivity index (χ3v) is 4.03. The number of aromatic nitrogens is 2. The summed E-state index contributed by atoms with van der Waals surface area (Å²) < 4.78 is 1.47. The smallest absolute Gasteiger partial charge is 0.272 e. The van der Waals surface area contributed by atoms with Crippen LogP contribution >= 0.6 is 0 Å². The molecular formula is C16H18N4O3. The van der Waals surface area contributed by atoms with Gasteiger partial charge in [0.15, 0.2) is 5.69 Å². The van der Waals surface area contributed by atoms with Crippen molar-refractivity contribution in [1.29, 1.82) is 0 Å². The van der Waals surface area contributed by atoms with Crippen LogP contribution in [0.1, 0.15) is 36.7 Å². The molecule has 7 nitrogen and oxygen atoms in total. The fourth-order valence-electron chi connectivity index (χ4n) is 2.69. The molecule has 1 aromatic carbocycles. The van der Waals surface area contributed by atoms with Crippen molar-refractivity contribution in [1.82, 2.24) is 15.1 Å². The topological polar surface area (TPSA) is 90.1 Å². The van der Waals surface area contributed by atoms with Crippen molar-refractivity contribution < 1.29 is 9.72 Å². The van der Waals surface area contributed by atoms with Gasteiger partial charge in [0.1, 0.15) is 0 Å². The molecule has 1 saturated carbocycles. The lowest BCUT2D eigenvalue weighted by atomic mass is 10.2. The van der Waals surface area contributed by atoms with E-state index in [4.69, 9.17) is 0 Å². The number of nitrogens with one attached hydrogen (secondary N) is 1. The highest BCUT2D eigenvalue weighted by molar-refractivity contribution is 5.92. The normalized spacial score (nSPS) is 19.3. The summed E-state index contributed by atoms with van der Waals surface area (Å²) in [6.45, 7) is 2.14. The molecule has 1 aromatic heterocycles. The lowest BCUT2D eigenvalue weighted by Crippen LogP contribution is -2.27. The van der Waals surface area contributed by atoms with E-state index in [0.717, 1.165) is 19.3 Å². The van der Waals surface area contributed by atoms with Crippen LogP contribution in [-0.2, 0) is 0 Å². The summed E-state index contributed by atoms with van der Waals surface area (Å²) >= 11 is 0. The van der Waals surface area contributed by atoms with Crippen molar-refractivity contribution in [2.45, 2.75) is 32.2 Å². The van der Waals surface area contributed by atoms with Gasteiger partial charge in [0, 0.05) is 24.4 Å². The minimum absolute atomic E-state index is 0.00982. The maximum atomic E-state index is 12.2. The van der Waals surface area contributed by atoms with Crippen LogP contribution < -0.4 is 5.32 Å². The number of benzene rings is 1. The third-order valence-electron chi connectivity index (χ3n) is 4.03. The van der Waals surface area contributed by atoms with E-state index in [2.05, 4.69) is 17.3 Å². The SMILES string of the molecule is CCC[C@H]1C[C@H]1NC(=O)c1ccn(-c2cccc([N+](=O)[O-])c2)n1. The second-order valence-electron chi connectivity index (χ2n) is 5.79. The second kappa shape index (κ2) is 6.20. The predicted octanol–water partition coefficient (Wildman–Crippen LogP) is 2.70. The maximum Gasteiger partial charge on any atom is 0.272 e. The molecule has 1 aliphatic carbocycles. The number of hydrogen-bond donors (Lipinski definition) is 1. The monoisotopic (exact) mass is 314 g/mol. The van der Waals surface area contributed by atoms with Crippen LogP contribution in [0.15, 0.2) is 36.5 Å². The lowest BCUT2D eigenvalue weighted by Gasteiger charge is -2.03. The molecule has 1 heterocycles. The van der Waals surface area contributed by atoms with Crippen LogP contribution in [0.5, 0.6) is 0 Å². The minimum Gasteiger partial charge on any atom is -0.348 e. The van der Waals surface area contributed by atoms with Crippen molar-refractivity contribution in [2.24, 2.45) is 5.92 Å². The van der Waals surface area contributed by atoms with Gasteiger partial charge in [0.2, 0.25) is 0 Å². The Labute approximate surface area is 133 Å². The highest BCUT2D eigenvalue weighted by atomic mass is 16.6. The van der Waals surface area contributed by atoms with E-state index in [0.29, 0.717) is 17.3 Å². The Morgan fingerprint density at radius 2 is 2.30 bits per heavy atom. The Morgan fingerprint density at radius 1 is 1.48 bits per heavy atom.